The van der Waals surface area contributed by atoms with Crippen LogP contribution >= 0.6 is 0 Å². The van der Waals surface area contributed by atoms with Gasteiger partial charge >= 0.3 is 5.69 Å². The number of nitrogens with two attached hydrogens (primary N) is 1. The number of primary amides is 1. The lowest BCUT2D eigenvalue weighted by atomic mass is 9.94. The zero-order valence-corrected chi connectivity index (χ0v) is 17.4. The Labute approximate surface area is 184 Å². The highest BCUT2D eigenvalue weighted by Crippen LogP contribution is 2.31. The summed E-state index contributed by atoms with van der Waals surface area (Å²) in [4.78, 5) is 30.7. The summed E-state index contributed by atoms with van der Waals surface area (Å²) >= 11 is 0. The number of nitro groups is 1. The smallest absolute Gasteiger partial charge is 0.311 e. The van der Waals surface area contributed by atoms with Gasteiger partial charge in [-0.05, 0) is 36.8 Å². The number of benzene rings is 1. The van der Waals surface area contributed by atoms with E-state index in [2.05, 4.69) is 10.3 Å². The number of aromatic nitrogens is 1. The number of morpholine rings is 1. The summed E-state index contributed by atoms with van der Waals surface area (Å²) < 4.78 is 19.6. The Hall–Kier alpha value is -3.47. The lowest BCUT2D eigenvalue weighted by Gasteiger charge is -2.34. The van der Waals surface area contributed by atoms with E-state index in [1.54, 1.807) is 30.3 Å². The molecule has 10 nitrogen and oxygen atoms in total. The molecule has 2 saturated heterocycles. The number of amides is 1. The summed E-state index contributed by atoms with van der Waals surface area (Å²) in [5, 5.41) is 14.5. The minimum Gasteiger partial charge on any atom is -0.378 e. The van der Waals surface area contributed by atoms with Crippen molar-refractivity contribution in [3.05, 3.63) is 46.5 Å². The summed E-state index contributed by atoms with van der Waals surface area (Å²) in [5.74, 6) is -0.565. The molecular weight excluding hydrogens is 419 g/mol. The fourth-order valence-electron chi connectivity index (χ4n) is 4.00. The maximum absolute atomic E-state index is 14.3. The Morgan fingerprint density at radius 1 is 1.16 bits per heavy atom. The van der Waals surface area contributed by atoms with Crippen LogP contribution in [0.4, 0.5) is 33.1 Å². The van der Waals surface area contributed by atoms with E-state index in [0.717, 1.165) is 5.69 Å². The number of carbonyl (C=O) groups excluding carboxylic acids is 1. The number of hydrogen-bond donors (Lipinski definition) is 2. The van der Waals surface area contributed by atoms with Crippen molar-refractivity contribution in [2.24, 2.45) is 11.7 Å². The summed E-state index contributed by atoms with van der Waals surface area (Å²) in [6, 6.07) is 10.2. The number of nitrogens with zero attached hydrogens (tertiary/aromatic N) is 4. The third-order valence-corrected chi connectivity index (χ3v) is 5.79. The SMILES string of the molecule is NC(=O)C1CCN(c2ccc(Nc3nc(N4CCOCC4)ccc3[N+](=O)[O-])cc2)CC1F. The molecule has 2 fully saturated rings. The average molecular weight is 444 g/mol. The third-order valence-electron chi connectivity index (χ3n) is 5.79. The summed E-state index contributed by atoms with van der Waals surface area (Å²) in [5.41, 5.74) is 6.55. The molecule has 0 bridgehead atoms. The second-order valence-corrected chi connectivity index (χ2v) is 7.83. The van der Waals surface area contributed by atoms with Gasteiger partial charge in [0.25, 0.3) is 0 Å². The van der Waals surface area contributed by atoms with Crippen LogP contribution in [-0.2, 0) is 9.53 Å². The molecule has 1 aromatic carbocycles. The number of halogens is 1. The first-order chi connectivity index (χ1) is 15.4. The first kappa shape index (κ1) is 21.8. The van der Waals surface area contributed by atoms with Crippen LogP contribution in [0.2, 0.25) is 0 Å². The zero-order valence-electron chi connectivity index (χ0n) is 17.4. The summed E-state index contributed by atoms with van der Waals surface area (Å²) in [6.07, 6.45) is -0.949. The molecule has 2 atom stereocenters. The van der Waals surface area contributed by atoms with Gasteiger partial charge in [-0.2, -0.15) is 0 Å². The van der Waals surface area contributed by atoms with E-state index >= 15 is 0 Å². The standard InChI is InChI=1S/C21H25FN6O4/c22-17-13-27(8-7-16(17)20(23)29)15-3-1-14(2-4-15)24-21-18(28(30)31)5-6-19(25-21)26-9-11-32-12-10-26/h1-6,16-17H,7-13H2,(H2,23,29)(H,24,25). The first-order valence-electron chi connectivity index (χ1n) is 10.5. The van der Waals surface area contributed by atoms with E-state index < -0.39 is 22.9 Å². The zero-order chi connectivity index (χ0) is 22.7. The highest BCUT2D eigenvalue weighted by molar-refractivity contribution is 5.78. The van der Waals surface area contributed by atoms with E-state index in [9.17, 15) is 19.3 Å². The van der Waals surface area contributed by atoms with Crippen LogP contribution in [0.15, 0.2) is 36.4 Å². The average Bonchev–Trinajstić information content (AvgIpc) is 2.79. The van der Waals surface area contributed by atoms with Gasteiger partial charge in [-0.1, -0.05) is 0 Å². The molecule has 2 aliphatic rings. The number of carbonyl (C=O) groups is 1. The van der Waals surface area contributed by atoms with Crippen molar-refractivity contribution in [2.45, 2.75) is 12.6 Å². The molecule has 2 aromatic rings. The van der Waals surface area contributed by atoms with Gasteiger partial charge in [-0.25, -0.2) is 9.37 Å². The molecule has 32 heavy (non-hydrogen) atoms. The maximum Gasteiger partial charge on any atom is 0.311 e. The van der Waals surface area contributed by atoms with Crippen LogP contribution in [0.25, 0.3) is 0 Å². The summed E-state index contributed by atoms with van der Waals surface area (Å²) in [6.45, 7) is 3.12. The Balaban J connectivity index is 1.49. The number of alkyl halides is 1. The van der Waals surface area contributed by atoms with Crippen LogP contribution in [0, 0.1) is 16.0 Å². The van der Waals surface area contributed by atoms with E-state index in [-0.39, 0.29) is 18.1 Å². The molecule has 3 N–H and O–H groups in total. The number of ether oxygens (including phenoxy) is 1. The largest absolute Gasteiger partial charge is 0.378 e. The fraction of sp³-hybridized carbons (Fsp3) is 0.429. The molecule has 3 heterocycles. The quantitative estimate of drug-likeness (QED) is 0.513. The Morgan fingerprint density at radius 3 is 2.50 bits per heavy atom. The Kier molecular flexibility index (Phi) is 6.35. The number of anilines is 4. The maximum atomic E-state index is 14.3. The number of pyridine rings is 1. The molecule has 4 rings (SSSR count). The monoisotopic (exact) mass is 444 g/mol. The van der Waals surface area contributed by atoms with Gasteiger partial charge in [0, 0.05) is 43.6 Å². The molecule has 2 aliphatic heterocycles. The van der Waals surface area contributed by atoms with Gasteiger partial charge in [-0.3, -0.25) is 14.9 Å². The predicted octanol–water partition coefficient (Wildman–Crippen LogP) is 2.22. The van der Waals surface area contributed by atoms with E-state index in [1.807, 2.05) is 9.80 Å². The van der Waals surface area contributed by atoms with Gasteiger partial charge in [-0.15, -0.1) is 0 Å². The normalized spacial score (nSPS) is 21.3. The molecule has 0 saturated carbocycles. The van der Waals surface area contributed by atoms with Crippen LogP contribution < -0.4 is 20.9 Å². The molecule has 11 heteroatoms. The number of rotatable bonds is 6. The highest BCUT2D eigenvalue weighted by atomic mass is 19.1. The topological polar surface area (TPSA) is 127 Å². The molecule has 1 amide bonds. The minimum atomic E-state index is -1.31. The first-order valence-corrected chi connectivity index (χ1v) is 10.5. The van der Waals surface area contributed by atoms with E-state index in [1.165, 1.54) is 6.07 Å². The van der Waals surface area contributed by atoms with E-state index in [4.69, 9.17) is 10.5 Å². The molecule has 1 aromatic heterocycles. The molecule has 0 radical (unpaired) electrons. The minimum absolute atomic E-state index is 0.0923. The molecule has 170 valence electrons. The highest BCUT2D eigenvalue weighted by Gasteiger charge is 2.33. The van der Waals surface area contributed by atoms with E-state index in [0.29, 0.717) is 50.8 Å². The fourth-order valence-corrected chi connectivity index (χ4v) is 4.00. The van der Waals surface area contributed by atoms with Gasteiger partial charge in [0.15, 0.2) is 0 Å². The predicted molar refractivity (Wildman–Crippen MR) is 118 cm³/mol. The van der Waals surface area contributed by atoms with Crippen LogP contribution in [0.3, 0.4) is 0 Å². The van der Waals surface area contributed by atoms with Crippen molar-refractivity contribution >= 4 is 34.6 Å². The van der Waals surface area contributed by atoms with Gasteiger partial charge < -0.3 is 25.6 Å². The molecular formula is C21H25FN6O4. The number of piperidine rings is 1. The molecule has 0 spiro atoms. The second-order valence-electron chi connectivity index (χ2n) is 7.83. The van der Waals surface area contributed by atoms with Crippen molar-refractivity contribution in [2.75, 3.05) is 54.5 Å². The van der Waals surface area contributed by atoms with Crippen LogP contribution in [0.1, 0.15) is 6.42 Å². The van der Waals surface area contributed by atoms with Gasteiger partial charge in [0.2, 0.25) is 11.7 Å². The van der Waals surface area contributed by atoms with Crippen molar-refractivity contribution < 1.29 is 18.8 Å². The van der Waals surface area contributed by atoms with Crippen LogP contribution in [0.5, 0.6) is 0 Å². The van der Waals surface area contributed by atoms with Gasteiger partial charge in [0.05, 0.1) is 24.1 Å². The Bertz CT molecular complexity index is 983. The molecule has 2 unspecified atom stereocenters. The number of hydrogen-bond acceptors (Lipinski definition) is 8. The summed E-state index contributed by atoms with van der Waals surface area (Å²) in [7, 11) is 0. The van der Waals surface area contributed by atoms with Crippen molar-refractivity contribution in [3.63, 3.8) is 0 Å². The van der Waals surface area contributed by atoms with Crippen LogP contribution in [-0.4, -0.2) is 61.4 Å². The third kappa shape index (κ3) is 4.72. The second kappa shape index (κ2) is 9.35. The lowest BCUT2D eigenvalue weighted by Crippen LogP contribution is -2.46. The van der Waals surface area contributed by atoms with Crippen molar-refractivity contribution in [1.29, 1.82) is 0 Å². The van der Waals surface area contributed by atoms with Crippen molar-refractivity contribution in [1.82, 2.24) is 4.98 Å². The van der Waals surface area contributed by atoms with Gasteiger partial charge in [0.1, 0.15) is 12.0 Å². The molecule has 0 aliphatic carbocycles. The Morgan fingerprint density at radius 2 is 1.88 bits per heavy atom. The number of nitrogens with one attached hydrogen (secondary N) is 1. The lowest BCUT2D eigenvalue weighted by molar-refractivity contribution is -0.384. The van der Waals surface area contributed by atoms with Crippen molar-refractivity contribution in [3.8, 4) is 0 Å².